The average Bonchev–Trinajstić information content (AvgIpc) is 3.09. The van der Waals surface area contributed by atoms with Crippen LogP contribution in [0.25, 0.3) is 5.76 Å². The maximum atomic E-state index is 13.2. The largest absolute Gasteiger partial charge is 0.507 e. The fourth-order valence-corrected chi connectivity index (χ4v) is 4.26. The zero-order chi connectivity index (χ0) is 24.8. The van der Waals surface area contributed by atoms with E-state index in [0.29, 0.717) is 31.0 Å². The van der Waals surface area contributed by atoms with E-state index in [9.17, 15) is 14.7 Å². The van der Waals surface area contributed by atoms with Crippen molar-refractivity contribution in [1.82, 2.24) is 9.80 Å². The number of carbonyl (C=O) groups excluding carboxylic acids is 2. The Kier molecular flexibility index (Phi) is 8.29. The SMILES string of the molecule is C=CCOc1ccc(/C(O)=C2\C(=O)C(=O)N(CCN(CC)CC)C2c2ccc(C)cc2)cc1C. The van der Waals surface area contributed by atoms with Crippen LogP contribution in [0.15, 0.2) is 60.7 Å². The smallest absolute Gasteiger partial charge is 0.295 e. The van der Waals surface area contributed by atoms with Crippen LogP contribution in [0.1, 0.15) is 42.1 Å². The number of aliphatic hydroxyl groups excluding tert-OH is 1. The number of aliphatic hydroxyl groups is 1. The van der Waals surface area contributed by atoms with Crippen molar-refractivity contribution in [2.75, 3.05) is 32.8 Å². The lowest BCUT2D eigenvalue weighted by Gasteiger charge is -2.28. The molecule has 180 valence electrons. The topological polar surface area (TPSA) is 70.1 Å². The lowest BCUT2D eigenvalue weighted by molar-refractivity contribution is -0.140. The van der Waals surface area contributed by atoms with Gasteiger partial charge in [0.2, 0.25) is 0 Å². The second-order valence-electron chi connectivity index (χ2n) is 8.51. The number of carbonyl (C=O) groups is 2. The van der Waals surface area contributed by atoms with Gasteiger partial charge in [0.25, 0.3) is 11.7 Å². The molecule has 1 heterocycles. The van der Waals surface area contributed by atoms with Gasteiger partial charge in [-0.1, -0.05) is 56.3 Å². The molecule has 1 N–H and O–H groups in total. The van der Waals surface area contributed by atoms with Crippen LogP contribution in [0.3, 0.4) is 0 Å². The summed E-state index contributed by atoms with van der Waals surface area (Å²) in [6.45, 7) is 14.8. The molecule has 1 aliphatic rings. The van der Waals surface area contributed by atoms with Crippen LogP contribution in [0.5, 0.6) is 5.75 Å². The van der Waals surface area contributed by atoms with Crippen LogP contribution in [0, 0.1) is 13.8 Å². The lowest BCUT2D eigenvalue weighted by atomic mass is 9.94. The first-order chi connectivity index (χ1) is 16.3. The normalized spacial score (nSPS) is 17.4. The molecule has 0 aromatic heterocycles. The van der Waals surface area contributed by atoms with E-state index in [2.05, 4.69) is 25.3 Å². The van der Waals surface area contributed by atoms with Crippen LogP contribution >= 0.6 is 0 Å². The Balaban J connectivity index is 2.07. The third-order valence-corrected chi connectivity index (χ3v) is 6.29. The molecule has 1 atom stereocenters. The van der Waals surface area contributed by atoms with Gasteiger partial charge in [-0.2, -0.15) is 0 Å². The summed E-state index contributed by atoms with van der Waals surface area (Å²) in [5, 5.41) is 11.3. The number of rotatable bonds is 10. The number of likely N-dealkylation sites (N-methyl/N-ethyl adjacent to an activating group) is 1. The fraction of sp³-hybridized carbons (Fsp3) is 0.357. The molecule has 1 aliphatic heterocycles. The fourth-order valence-electron chi connectivity index (χ4n) is 4.26. The molecular formula is C28H34N2O4. The second-order valence-corrected chi connectivity index (χ2v) is 8.51. The van der Waals surface area contributed by atoms with Gasteiger partial charge in [0.05, 0.1) is 11.6 Å². The molecular weight excluding hydrogens is 428 g/mol. The molecule has 2 aromatic carbocycles. The number of hydrogen-bond acceptors (Lipinski definition) is 5. The van der Waals surface area contributed by atoms with E-state index >= 15 is 0 Å². The zero-order valence-electron chi connectivity index (χ0n) is 20.5. The molecule has 6 heteroatoms. The summed E-state index contributed by atoms with van der Waals surface area (Å²) in [7, 11) is 0. The Morgan fingerprint density at radius 3 is 2.38 bits per heavy atom. The van der Waals surface area contributed by atoms with Crippen molar-refractivity contribution >= 4 is 17.4 Å². The molecule has 6 nitrogen and oxygen atoms in total. The third kappa shape index (κ3) is 5.23. The average molecular weight is 463 g/mol. The van der Waals surface area contributed by atoms with Crippen LogP contribution in [-0.2, 0) is 9.59 Å². The molecule has 0 spiro atoms. The van der Waals surface area contributed by atoms with E-state index in [-0.39, 0.29) is 11.3 Å². The lowest BCUT2D eigenvalue weighted by Crippen LogP contribution is -2.38. The molecule has 3 rings (SSSR count). The summed E-state index contributed by atoms with van der Waals surface area (Å²) in [5.74, 6) is -0.743. The van der Waals surface area contributed by atoms with Gasteiger partial charge in [-0.05, 0) is 56.3 Å². The standard InChI is InChI=1S/C28H34N2O4/c1-6-17-34-23-14-13-22(18-20(23)5)26(31)24-25(21-11-9-19(4)10-12-21)30(28(33)27(24)32)16-15-29(7-2)8-3/h6,9-14,18,25,31H,1,7-8,15-17H2,2-5H3/b26-24+. The monoisotopic (exact) mass is 462 g/mol. The summed E-state index contributed by atoms with van der Waals surface area (Å²) in [6, 6.07) is 12.3. The quantitative estimate of drug-likeness (QED) is 0.241. The van der Waals surface area contributed by atoms with Crippen molar-refractivity contribution < 1.29 is 19.4 Å². The molecule has 0 bridgehead atoms. The van der Waals surface area contributed by atoms with E-state index < -0.39 is 17.7 Å². The van der Waals surface area contributed by atoms with E-state index in [1.807, 2.05) is 38.1 Å². The van der Waals surface area contributed by atoms with Crippen LogP contribution in [0.4, 0.5) is 0 Å². The molecule has 1 saturated heterocycles. The number of hydrogen-bond donors (Lipinski definition) is 1. The number of benzene rings is 2. The highest BCUT2D eigenvalue weighted by Gasteiger charge is 2.45. The minimum Gasteiger partial charge on any atom is -0.507 e. The Morgan fingerprint density at radius 1 is 1.12 bits per heavy atom. The van der Waals surface area contributed by atoms with Gasteiger partial charge in [0.1, 0.15) is 18.1 Å². The van der Waals surface area contributed by atoms with Gasteiger partial charge in [-0.15, -0.1) is 0 Å². The van der Waals surface area contributed by atoms with Gasteiger partial charge in [-0.25, -0.2) is 0 Å². The molecule has 0 radical (unpaired) electrons. The van der Waals surface area contributed by atoms with Crippen LogP contribution in [0.2, 0.25) is 0 Å². The minimum atomic E-state index is -0.660. The Hall–Kier alpha value is -3.38. The predicted octanol–water partition coefficient (Wildman–Crippen LogP) is 4.63. The zero-order valence-corrected chi connectivity index (χ0v) is 20.5. The van der Waals surface area contributed by atoms with Crippen molar-refractivity contribution in [2.24, 2.45) is 0 Å². The van der Waals surface area contributed by atoms with Gasteiger partial charge in [0, 0.05) is 18.7 Å². The van der Waals surface area contributed by atoms with Crippen molar-refractivity contribution in [1.29, 1.82) is 0 Å². The number of ketones is 1. The number of nitrogens with zero attached hydrogens (tertiary/aromatic N) is 2. The molecule has 0 saturated carbocycles. The maximum Gasteiger partial charge on any atom is 0.295 e. The number of ether oxygens (including phenoxy) is 1. The molecule has 34 heavy (non-hydrogen) atoms. The minimum absolute atomic E-state index is 0.118. The highest BCUT2D eigenvalue weighted by atomic mass is 16.5. The number of amides is 1. The summed E-state index contributed by atoms with van der Waals surface area (Å²) in [5.41, 5.74) is 3.28. The van der Waals surface area contributed by atoms with Crippen molar-refractivity contribution in [3.63, 3.8) is 0 Å². The first-order valence-corrected chi connectivity index (χ1v) is 11.7. The molecule has 0 aliphatic carbocycles. The number of aryl methyl sites for hydroxylation is 2. The van der Waals surface area contributed by atoms with Gasteiger partial charge in [0.15, 0.2) is 0 Å². The number of likely N-dealkylation sites (tertiary alicyclic amines) is 1. The summed E-state index contributed by atoms with van der Waals surface area (Å²) in [4.78, 5) is 30.1. The van der Waals surface area contributed by atoms with Gasteiger partial charge >= 0.3 is 0 Å². The molecule has 2 aromatic rings. The van der Waals surface area contributed by atoms with E-state index in [1.165, 1.54) is 0 Å². The highest BCUT2D eigenvalue weighted by Crippen LogP contribution is 2.39. The Morgan fingerprint density at radius 2 is 1.79 bits per heavy atom. The maximum absolute atomic E-state index is 13.2. The summed E-state index contributed by atoms with van der Waals surface area (Å²) >= 11 is 0. The van der Waals surface area contributed by atoms with E-state index in [1.54, 1.807) is 29.2 Å². The van der Waals surface area contributed by atoms with Crippen molar-refractivity contribution in [2.45, 2.75) is 33.7 Å². The molecule has 1 unspecified atom stereocenters. The summed E-state index contributed by atoms with van der Waals surface area (Å²) < 4.78 is 5.63. The highest BCUT2D eigenvalue weighted by molar-refractivity contribution is 6.46. The second kappa shape index (κ2) is 11.2. The van der Waals surface area contributed by atoms with Gasteiger partial charge in [-0.3, -0.25) is 9.59 Å². The van der Waals surface area contributed by atoms with Crippen molar-refractivity contribution in [3.05, 3.63) is 82.9 Å². The van der Waals surface area contributed by atoms with Crippen molar-refractivity contribution in [3.8, 4) is 5.75 Å². The summed E-state index contributed by atoms with van der Waals surface area (Å²) in [6.07, 6.45) is 1.66. The third-order valence-electron chi connectivity index (χ3n) is 6.29. The van der Waals surface area contributed by atoms with Gasteiger partial charge < -0.3 is 19.6 Å². The molecule has 1 amide bonds. The van der Waals surface area contributed by atoms with Crippen LogP contribution in [-0.4, -0.2) is 59.4 Å². The molecule has 1 fully saturated rings. The van der Waals surface area contributed by atoms with Crippen LogP contribution < -0.4 is 4.74 Å². The number of Topliss-reactive ketones (excluding diaryl/α,β-unsaturated/α-hetero) is 1. The first kappa shape index (κ1) is 25.2. The Bertz CT molecular complexity index is 1080. The van der Waals surface area contributed by atoms with E-state index in [4.69, 9.17) is 4.74 Å². The predicted molar refractivity (Wildman–Crippen MR) is 135 cm³/mol. The Labute approximate surface area is 202 Å². The van der Waals surface area contributed by atoms with E-state index in [0.717, 1.165) is 29.8 Å². The first-order valence-electron chi connectivity index (χ1n) is 11.7.